The van der Waals surface area contributed by atoms with Gasteiger partial charge in [-0.25, -0.2) is 8.78 Å². The van der Waals surface area contributed by atoms with E-state index < -0.39 is 0 Å². The maximum absolute atomic E-state index is 13.6. The van der Waals surface area contributed by atoms with E-state index in [1.807, 2.05) is 23.1 Å². The summed E-state index contributed by atoms with van der Waals surface area (Å²) in [6.45, 7) is 7.74. The number of rotatable bonds is 10. The Kier molecular flexibility index (Phi) is 13.4. The van der Waals surface area contributed by atoms with Crippen molar-refractivity contribution in [2.45, 2.75) is 38.8 Å². The zero-order valence-corrected chi connectivity index (χ0v) is 24.2. The predicted octanol–water partition coefficient (Wildman–Crippen LogP) is 6.29. The lowest BCUT2D eigenvalue weighted by Gasteiger charge is -2.41. The largest absolute Gasteiger partial charge is 0.339 e. The van der Waals surface area contributed by atoms with Gasteiger partial charge in [0.05, 0.1) is 12.1 Å². The van der Waals surface area contributed by atoms with Crippen LogP contribution in [-0.4, -0.2) is 54.5 Å². The highest BCUT2D eigenvalue weighted by molar-refractivity contribution is 5.85. The monoisotopic (exact) mass is 577 g/mol. The smallest absolute Gasteiger partial charge is 0.240 e. The molecule has 39 heavy (non-hydrogen) atoms. The second-order valence-electron chi connectivity index (χ2n) is 10.2. The Labute approximate surface area is 243 Å². The third kappa shape index (κ3) is 9.28. The van der Waals surface area contributed by atoms with Gasteiger partial charge in [0.15, 0.2) is 0 Å². The summed E-state index contributed by atoms with van der Waals surface area (Å²) in [6.07, 6.45) is 1.68. The topological polar surface area (TPSA) is 35.6 Å². The van der Waals surface area contributed by atoms with E-state index in [0.717, 1.165) is 29.7 Å². The minimum absolute atomic E-state index is 0. The van der Waals surface area contributed by atoms with Gasteiger partial charge in [0, 0.05) is 26.2 Å². The normalized spacial score (nSPS) is 14.6. The second kappa shape index (κ2) is 15.9. The first kappa shape index (κ1) is 32.7. The number of halogens is 4. The van der Waals surface area contributed by atoms with E-state index in [9.17, 15) is 13.6 Å². The minimum atomic E-state index is -0.286. The fourth-order valence-electron chi connectivity index (χ4n) is 4.97. The summed E-state index contributed by atoms with van der Waals surface area (Å²) in [5.41, 5.74) is 3.04. The van der Waals surface area contributed by atoms with Crippen molar-refractivity contribution in [3.05, 3.63) is 107 Å². The first-order chi connectivity index (χ1) is 17.9. The molecule has 1 heterocycles. The summed E-state index contributed by atoms with van der Waals surface area (Å²) in [5, 5.41) is 3.52. The molecule has 1 aliphatic heterocycles. The summed E-state index contributed by atoms with van der Waals surface area (Å²) in [4.78, 5) is 17.9. The number of piperazine rings is 1. The van der Waals surface area contributed by atoms with Crippen LogP contribution in [0.3, 0.4) is 0 Å². The molecule has 0 unspecified atom stereocenters. The van der Waals surface area contributed by atoms with Crippen molar-refractivity contribution in [3.8, 4) is 0 Å². The van der Waals surface area contributed by atoms with E-state index in [4.69, 9.17) is 0 Å². The highest BCUT2D eigenvalue weighted by Crippen LogP contribution is 2.30. The van der Waals surface area contributed by atoms with Gasteiger partial charge in [0.2, 0.25) is 5.91 Å². The molecule has 1 saturated heterocycles. The summed E-state index contributed by atoms with van der Waals surface area (Å²) in [6, 6.07) is 22.7. The molecule has 8 heteroatoms. The third-order valence-corrected chi connectivity index (χ3v) is 7.06. The van der Waals surface area contributed by atoms with Crippen LogP contribution in [0.15, 0.2) is 78.9 Å². The minimum Gasteiger partial charge on any atom is -0.339 e. The molecule has 212 valence electrons. The van der Waals surface area contributed by atoms with Crippen molar-refractivity contribution in [1.82, 2.24) is 15.1 Å². The number of benzene rings is 3. The molecule has 0 aliphatic carbocycles. The first-order valence-corrected chi connectivity index (χ1v) is 13.2. The number of carbonyl (C=O) groups is 1. The van der Waals surface area contributed by atoms with E-state index in [1.54, 1.807) is 24.3 Å². The van der Waals surface area contributed by atoms with E-state index in [1.165, 1.54) is 24.3 Å². The number of carbonyl (C=O) groups excluding carboxylic acids is 1. The molecule has 1 amide bonds. The maximum atomic E-state index is 13.6. The van der Waals surface area contributed by atoms with Crippen molar-refractivity contribution in [1.29, 1.82) is 0 Å². The quantitative estimate of drug-likeness (QED) is 0.307. The van der Waals surface area contributed by atoms with E-state index >= 15 is 0 Å². The fourth-order valence-corrected chi connectivity index (χ4v) is 4.97. The van der Waals surface area contributed by atoms with Crippen LogP contribution in [0.2, 0.25) is 0 Å². The van der Waals surface area contributed by atoms with Gasteiger partial charge in [-0.05, 0) is 66.3 Å². The molecule has 4 rings (SSSR count). The van der Waals surface area contributed by atoms with Crippen LogP contribution < -0.4 is 5.32 Å². The molecular formula is C31H39Cl2F2N3O. The molecule has 1 N–H and O–H groups in total. The summed E-state index contributed by atoms with van der Waals surface area (Å²) in [7, 11) is 0. The van der Waals surface area contributed by atoms with Crippen LogP contribution in [0.4, 0.5) is 8.78 Å². The van der Waals surface area contributed by atoms with Crippen molar-refractivity contribution in [3.63, 3.8) is 0 Å². The number of nitrogens with zero attached hydrogens (tertiary/aromatic N) is 2. The molecule has 1 atom stereocenters. The van der Waals surface area contributed by atoms with Gasteiger partial charge in [-0.1, -0.05) is 68.4 Å². The Balaban J connectivity index is 0.00000267. The van der Waals surface area contributed by atoms with Gasteiger partial charge in [0.1, 0.15) is 11.6 Å². The zero-order chi connectivity index (χ0) is 26.2. The summed E-state index contributed by atoms with van der Waals surface area (Å²) < 4.78 is 27.3. The molecule has 0 aromatic heterocycles. The van der Waals surface area contributed by atoms with Gasteiger partial charge in [0.25, 0.3) is 0 Å². The van der Waals surface area contributed by atoms with Gasteiger partial charge in [-0.15, -0.1) is 24.8 Å². The van der Waals surface area contributed by atoms with Crippen LogP contribution in [0.5, 0.6) is 0 Å². The molecule has 0 saturated carbocycles. The fraction of sp³-hybridized carbons (Fsp3) is 0.387. The van der Waals surface area contributed by atoms with Crippen molar-refractivity contribution < 1.29 is 13.6 Å². The summed E-state index contributed by atoms with van der Waals surface area (Å²) in [5.74, 6) is 0.128. The number of amides is 1. The molecule has 0 bridgehead atoms. The average Bonchev–Trinajstić information content (AvgIpc) is 2.91. The lowest BCUT2D eigenvalue weighted by Crippen LogP contribution is -2.55. The predicted molar refractivity (Wildman–Crippen MR) is 159 cm³/mol. The van der Waals surface area contributed by atoms with Crippen molar-refractivity contribution in [2.24, 2.45) is 5.92 Å². The standard InChI is InChI=1S/C31H37F2N3O.2ClH/c1-23(2)16-17-34-29(22-24-6-4-3-5-7-24)31(37)36-20-18-35(19-21-36)30(25-8-12-27(32)13-9-25)26-10-14-28(33)15-11-26;;/h3-15,23,29-30,34H,16-22H2,1-2H3;2*1H/t29-;;/m0../s1. The molecule has 0 radical (unpaired) electrons. The van der Waals surface area contributed by atoms with E-state index in [-0.39, 0.29) is 54.4 Å². The van der Waals surface area contributed by atoms with Crippen LogP contribution in [-0.2, 0) is 11.2 Å². The molecular weight excluding hydrogens is 539 g/mol. The number of hydrogen-bond acceptors (Lipinski definition) is 3. The highest BCUT2D eigenvalue weighted by Gasteiger charge is 2.31. The highest BCUT2D eigenvalue weighted by atomic mass is 35.5. The van der Waals surface area contributed by atoms with Crippen LogP contribution >= 0.6 is 24.8 Å². The average molecular weight is 579 g/mol. The molecule has 4 nitrogen and oxygen atoms in total. The molecule has 0 spiro atoms. The first-order valence-electron chi connectivity index (χ1n) is 13.2. The zero-order valence-electron chi connectivity index (χ0n) is 22.6. The Hall–Kier alpha value is -2.51. The third-order valence-electron chi connectivity index (χ3n) is 7.06. The van der Waals surface area contributed by atoms with E-state index in [0.29, 0.717) is 38.5 Å². The van der Waals surface area contributed by atoms with Crippen LogP contribution in [0.25, 0.3) is 0 Å². The molecule has 1 aliphatic rings. The van der Waals surface area contributed by atoms with Crippen molar-refractivity contribution >= 4 is 30.7 Å². The van der Waals surface area contributed by atoms with Gasteiger partial charge >= 0.3 is 0 Å². The Morgan fingerprint density at radius 2 is 1.31 bits per heavy atom. The number of nitrogens with one attached hydrogen (secondary N) is 1. The Morgan fingerprint density at radius 1 is 0.795 bits per heavy atom. The molecule has 3 aromatic rings. The van der Waals surface area contributed by atoms with E-state index in [2.05, 4.69) is 36.2 Å². The lowest BCUT2D eigenvalue weighted by molar-refractivity contribution is -0.135. The van der Waals surface area contributed by atoms with Crippen LogP contribution in [0, 0.1) is 17.6 Å². The summed E-state index contributed by atoms with van der Waals surface area (Å²) >= 11 is 0. The lowest BCUT2D eigenvalue weighted by atomic mass is 9.96. The van der Waals surface area contributed by atoms with Gasteiger partial charge < -0.3 is 10.2 Å². The Morgan fingerprint density at radius 3 is 1.79 bits per heavy atom. The molecule has 3 aromatic carbocycles. The number of hydrogen-bond donors (Lipinski definition) is 1. The van der Waals surface area contributed by atoms with Gasteiger partial charge in [-0.3, -0.25) is 9.69 Å². The molecule has 1 fully saturated rings. The van der Waals surface area contributed by atoms with Crippen LogP contribution in [0.1, 0.15) is 43.0 Å². The van der Waals surface area contributed by atoms with Crippen molar-refractivity contribution in [2.75, 3.05) is 32.7 Å². The van der Waals surface area contributed by atoms with Gasteiger partial charge in [-0.2, -0.15) is 0 Å². The maximum Gasteiger partial charge on any atom is 0.240 e. The second-order valence-corrected chi connectivity index (χ2v) is 10.2. The Bertz CT molecular complexity index is 1080. The SMILES string of the molecule is CC(C)CCN[C@@H](Cc1ccccc1)C(=O)N1CCN(C(c2ccc(F)cc2)c2ccc(F)cc2)CC1.Cl.Cl.